The summed E-state index contributed by atoms with van der Waals surface area (Å²) in [6.07, 6.45) is 6.36. The van der Waals surface area contributed by atoms with Crippen molar-refractivity contribution in [2.75, 3.05) is 6.61 Å². The van der Waals surface area contributed by atoms with Crippen molar-refractivity contribution in [3.8, 4) is 5.75 Å². The summed E-state index contributed by atoms with van der Waals surface area (Å²) in [5.41, 5.74) is 0.679. The summed E-state index contributed by atoms with van der Waals surface area (Å²) in [5.74, 6) is 1.03. The molecule has 2 aromatic rings. The molecule has 1 aliphatic carbocycles. The van der Waals surface area contributed by atoms with Gasteiger partial charge in [0.2, 0.25) is 0 Å². The molecule has 0 spiro atoms. The highest BCUT2D eigenvalue weighted by atomic mass is 35.5. The van der Waals surface area contributed by atoms with Gasteiger partial charge in [-0.2, -0.15) is 0 Å². The van der Waals surface area contributed by atoms with Gasteiger partial charge in [0, 0.05) is 17.6 Å². The minimum absolute atomic E-state index is 0.00345. The van der Waals surface area contributed by atoms with Crippen molar-refractivity contribution in [2.45, 2.75) is 38.6 Å². The maximum Gasteiger partial charge on any atom is 0.258 e. The summed E-state index contributed by atoms with van der Waals surface area (Å²) in [5, 5.41) is 4.54. The average Bonchev–Trinajstić information content (AvgIpc) is 2.57. The van der Waals surface area contributed by atoms with Crippen molar-refractivity contribution >= 4 is 28.4 Å². The van der Waals surface area contributed by atoms with Crippen molar-refractivity contribution in [3.05, 3.63) is 35.5 Å². The minimum Gasteiger partial charge on any atom is -0.481 e. The van der Waals surface area contributed by atoms with Crippen molar-refractivity contribution in [1.82, 2.24) is 10.3 Å². The Labute approximate surface area is 141 Å². The molecule has 0 saturated heterocycles. The van der Waals surface area contributed by atoms with Gasteiger partial charge in [-0.15, -0.1) is 0 Å². The van der Waals surface area contributed by atoms with Crippen LogP contribution in [0.5, 0.6) is 5.75 Å². The van der Waals surface area contributed by atoms with Crippen molar-refractivity contribution in [3.63, 3.8) is 0 Å². The lowest BCUT2D eigenvalue weighted by Gasteiger charge is -2.29. The van der Waals surface area contributed by atoms with Crippen LogP contribution >= 0.6 is 11.6 Å². The molecule has 1 N–H and O–H groups in total. The predicted molar refractivity (Wildman–Crippen MR) is 91.8 cm³/mol. The lowest BCUT2D eigenvalue weighted by atomic mass is 9.86. The average molecular weight is 333 g/mol. The molecule has 0 bridgehead atoms. The summed E-state index contributed by atoms with van der Waals surface area (Å²) in [6.45, 7) is 2.19. The first kappa shape index (κ1) is 16.1. The first-order chi connectivity index (χ1) is 11.1. The van der Waals surface area contributed by atoms with Crippen LogP contribution in [0.3, 0.4) is 0 Å². The number of carbonyl (C=O) groups excluding carboxylic acids is 1. The maximum atomic E-state index is 12.2. The number of carbonyl (C=O) groups is 1. The van der Waals surface area contributed by atoms with Crippen LogP contribution in [-0.2, 0) is 4.79 Å². The highest BCUT2D eigenvalue weighted by Gasteiger charge is 2.22. The molecule has 2 unspecified atom stereocenters. The topological polar surface area (TPSA) is 51.2 Å². The third-order valence-electron chi connectivity index (χ3n) is 4.50. The molecule has 23 heavy (non-hydrogen) atoms. The third kappa shape index (κ3) is 3.75. The van der Waals surface area contributed by atoms with E-state index in [2.05, 4.69) is 17.2 Å². The zero-order chi connectivity index (χ0) is 16.2. The molecule has 1 aliphatic rings. The zero-order valence-corrected chi connectivity index (χ0v) is 14.0. The SMILES string of the molecule is CC1CCCCC1NC(=O)COc1ccc(Cl)c2cccnc12. The number of rotatable bonds is 4. The maximum absolute atomic E-state index is 12.2. The molecule has 0 aliphatic heterocycles. The molecule has 122 valence electrons. The normalized spacial score (nSPS) is 21.1. The first-order valence-corrected chi connectivity index (χ1v) is 8.48. The molecule has 0 radical (unpaired) electrons. The van der Waals surface area contributed by atoms with Gasteiger partial charge in [0.15, 0.2) is 6.61 Å². The monoisotopic (exact) mass is 332 g/mol. The molecular formula is C18H21ClN2O2. The van der Waals surface area contributed by atoms with Gasteiger partial charge in [-0.25, -0.2) is 0 Å². The standard InChI is InChI=1S/C18H21ClN2O2/c1-12-5-2-3-7-15(12)21-17(22)11-23-16-9-8-14(19)13-6-4-10-20-18(13)16/h4,6,8-10,12,15H,2-3,5,7,11H2,1H3,(H,21,22). The Morgan fingerprint density at radius 1 is 1.35 bits per heavy atom. The molecule has 1 aromatic heterocycles. The lowest BCUT2D eigenvalue weighted by Crippen LogP contribution is -2.43. The van der Waals surface area contributed by atoms with Gasteiger partial charge in [0.05, 0.1) is 5.02 Å². The van der Waals surface area contributed by atoms with Crippen LogP contribution in [0.2, 0.25) is 5.02 Å². The van der Waals surface area contributed by atoms with Gasteiger partial charge in [-0.05, 0) is 43.0 Å². The molecule has 1 fully saturated rings. The van der Waals surface area contributed by atoms with E-state index in [1.54, 1.807) is 18.3 Å². The zero-order valence-electron chi connectivity index (χ0n) is 13.2. The largest absolute Gasteiger partial charge is 0.481 e. The molecule has 1 heterocycles. The van der Waals surface area contributed by atoms with E-state index in [9.17, 15) is 4.79 Å². The Balaban J connectivity index is 1.64. The molecule has 4 nitrogen and oxygen atoms in total. The van der Waals surface area contributed by atoms with Crippen LogP contribution in [0.4, 0.5) is 0 Å². The van der Waals surface area contributed by atoms with Gasteiger partial charge in [-0.1, -0.05) is 31.4 Å². The third-order valence-corrected chi connectivity index (χ3v) is 4.83. The number of aromatic nitrogens is 1. The smallest absolute Gasteiger partial charge is 0.258 e. The molecule has 5 heteroatoms. The van der Waals surface area contributed by atoms with Crippen molar-refractivity contribution in [1.29, 1.82) is 0 Å². The summed E-state index contributed by atoms with van der Waals surface area (Å²) < 4.78 is 5.68. The number of nitrogens with zero attached hydrogens (tertiary/aromatic N) is 1. The van der Waals surface area contributed by atoms with E-state index in [-0.39, 0.29) is 18.6 Å². The van der Waals surface area contributed by atoms with Crippen molar-refractivity contribution in [2.24, 2.45) is 5.92 Å². The minimum atomic E-state index is -0.0808. The number of pyridine rings is 1. The van der Waals surface area contributed by atoms with Gasteiger partial charge >= 0.3 is 0 Å². The highest BCUT2D eigenvalue weighted by Crippen LogP contribution is 2.29. The Kier molecular flexibility index (Phi) is 5.01. The van der Waals surface area contributed by atoms with E-state index < -0.39 is 0 Å². The highest BCUT2D eigenvalue weighted by molar-refractivity contribution is 6.35. The summed E-state index contributed by atoms with van der Waals surface area (Å²) in [6, 6.07) is 7.51. The van der Waals surface area contributed by atoms with Gasteiger partial charge < -0.3 is 10.1 Å². The summed E-state index contributed by atoms with van der Waals surface area (Å²) >= 11 is 6.16. The number of halogens is 1. The van der Waals surface area contributed by atoms with Crippen LogP contribution < -0.4 is 10.1 Å². The van der Waals surface area contributed by atoms with Crippen molar-refractivity contribution < 1.29 is 9.53 Å². The van der Waals surface area contributed by atoms with Gasteiger partial charge in [-0.3, -0.25) is 9.78 Å². The Hall–Kier alpha value is -1.81. The quantitative estimate of drug-likeness (QED) is 0.922. The number of fused-ring (bicyclic) bond motifs is 1. The van der Waals surface area contributed by atoms with Crippen LogP contribution in [0.15, 0.2) is 30.5 Å². The molecule has 1 aromatic carbocycles. The fourth-order valence-electron chi connectivity index (χ4n) is 3.15. The summed E-state index contributed by atoms with van der Waals surface area (Å²) in [4.78, 5) is 16.5. The molecule has 1 saturated carbocycles. The second kappa shape index (κ2) is 7.18. The molecule has 1 amide bonds. The van der Waals surface area contributed by atoms with Gasteiger partial charge in [0.25, 0.3) is 5.91 Å². The number of ether oxygens (including phenoxy) is 1. The Morgan fingerprint density at radius 3 is 3.00 bits per heavy atom. The summed E-state index contributed by atoms with van der Waals surface area (Å²) in [7, 11) is 0. The van der Waals surface area contributed by atoms with E-state index in [1.807, 2.05) is 12.1 Å². The number of hydrogen-bond donors (Lipinski definition) is 1. The van der Waals surface area contributed by atoms with Gasteiger partial charge in [0.1, 0.15) is 11.3 Å². The van der Waals surface area contributed by atoms with E-state index in [4.69, 9.17) is 16.3 Å². The lowest BCUT2D eigenvalue weighted by molar-refractivity contribution is -0.124. The molecule has 2 atom stereocenters. The number of hydrogen-bond acceptors (Lipinski definition) is 3. The van der Waals surface area contributed by atoms with E-state index >= 15 is 0 Å². The fraction of sp³-hybridized carbons (Fsp3) is 0.444. The Bertz CT molecular complexity index is 704. The van der Waals surface area contributed by atoms with Crippen LogP contribution in [-0.4, -0.2) is 23.5 Å². The number of nitrogens with one attached hydrogen (secondary N) is 1. The van der Waals surface area contributed by atoms with E-state index in [0.29, 0.717) is 22.2 Å². The molecular weight excluding hydrogens is 312 g/mol. The van der Waals surface area contributed by atoms with Crippen LogP contribution in [0.25, 0.3) is 10.9 Å². The second-order valence-corrected chi connectivity index (χ2v) is 6.58. The first-order valence-electron chi connectivity index (χ1n) is 8.10. The number of amides is 1. The van der Waals surface area contributed by atoms with E-state index in [1.165, 1.54) is 19.3 Å². The fourth-order valence-corrected chi connectivity index (χ4v) is 3.37. The second-order valence-electron chi connectivity index (χ2n) is 6.17. The van der Waals surface area contributed by atoms with Crippen LogP contribution in [0, 0.1) is 5.92 Å². The van der Waals surface area contributed by atoms with E-state index in [0.717, 1.165) is 11.8 Å². The Morgan fingerprint density at radius 2 is 2.17 bits per heavy atom. The number of benzene rings is 1. The predicted octanol–water partition coefficient (Wildman–Crippen LogP) is 3.96. The molecule has 3 rings (SSSR count). The van der Waals surface area contributed by atoms with Crippen LogP contribution in [0.1, 0.15) is 32.6 Å².